The number of fused-ring (bicyclic) bond motifs is 1. The van der Waals surface area contributed by atoms with Gasteiger partial charge in [0.25, 0.3) is 0 Å². The number of anilines is 1. The fourth-order valence-corrected chi connectivity index (χ4v) is 3.76. The number of hydrogen-bond donors (Lipinski definition) is 1. The molecule has 1 amide bonds. The maximum absolute atomic E-state index is 12.0. The lowest BCUT2D eigenvalue weighted by Crippen LogP contribution is -2.44. The van der Waals surface area contributed by atoms with Crippen molar-refractivity contribution in [3.63, 3.8) is 0 Å². The predicted molar refractivity (Wildman–Crippen MR) is 113 cm³/mol. The quantitative estimate of drug-likeness (QED) is 0.634. The van der Waals surface area contributed by atoms with Gasteiger partial charge in [0.2, 0.25) is 5.91 Å². The summed E-state index contributed by atoms with van der Waals surface area (Å²) in [6, 6.07) is 16.0. The third kappa shape index (κ3) is 4.27. The first kappa shape index (κ1) is 18.9. The molecule has 2 aromatic carbocycles. The van der Waals surface area contributed by atoms with Crippen molar-refractivity contribution in [3.05, 3.63) is 71.3 Å². The van der Waals surface area contributed by atoms with Gasteiger partial charge in [0.05, 0.1) is 18.2 Å². The van der Waals surface area contributed by atoms with Gasteiger partial charge in [-0.1, -0.05) is 42.5 Å². The maximum atomic E-state index is 12.0. The van der Waals surface area contributed by atoms with E-state index >= 15 is 0 Å². The molecule has 2 aromatic rings. The molecule has 1 aliphatic rings. The van der Waals surface area contributed by atoms with E-state index in [-0.39, 0.29) is 11.4 Å². The van der Waals surface area contributed by atoms with Crippen LogP contribution in [0.1, 0.15) is 44.4 Å². The summed E-state index contributed by atoms with van der Waals surface area (Å²) in [6.07, 6.45) is 4.33. The minimum Gasteiger partial charge on any atom is -0.363 e. The van der Waals surface area contributed by atoms with E-state index in [1.807, 2.05) is 36.4 Å². The van der Waals surface area contributed by atoms with Crippen molar-refractivity contribution in [2.45, 2.75) is 39.7 Å². The van der Waals surface area contributed by atoms with E-state index in [0.717, 1.165) is 17.7 Å². The Hall–Kier alpha value is -2.88. The van der Waals surface area contributed by atoms with E-state index in [1.54, 1.807) is 6.21 Å². The van der Waals surface area contributed by atoms with Crippen molar-refractivity contribution < 1.29 is 4.79 Å². The van der Waals surface area contributed by atoms with Crippen LogP contribution < -0.4 is 10.3 Å². The lowest BCUT2D eigenvalue weighted by molar-refractivity contribution is -0.120. The van der Waals surface area contributed by atoms with Crippen LogP contribution in [0.25, 0.3) is 5.57 Å². The molecule has 1 N–H and O–H groups in total. The van der Waals surface area contributed by atoms with E-state index < -0.39 is 0 Å². The highest BCUT2D eigenvalue weighted by molar-refractivity contribution is 5.88. The topological polar surface area (TPSA) is 44.7 Å². The summed E-state index contributed by atoms with van der Waals surface area (Å²) in [4.78, 5) is 14.4. The van der Waals surface area contributed by atoms with Gasteiger partial charge in [-0.25, -0.2) is 5.43 Å². The summed E-state index contributed by atoms with van der Waals surface area (Å²) < 4.78 is 0. The summed E-state index contributed by atoms with van der Waals surface area (Å²) in [7, 11) is 0. The Balaban J connectivity index is 1.71. The molecule has 3 rings (SSSR count). The normalized spacial score (nSPS) is 15.4. The van der Waals surface area contributed by atoms with E-state index in [1.165, 1.54) is 16.8 Å². The first-order valence-electron chi connectivity index (χ1n) is 9.38. The smallest absolute Gasteiger partial charge is 0.244 e. The first-order valence-corrected chi connectivity index (χ1v) is 9.38. The molecule has 4 nitrogen and oxygen atoms in total. The van der Waals surface area contributed by atoms with Gasteiger partial charge in [0.15, 0.2) is 0 Å². The molecule has 1 aliphatic heterocycles. The Morgan fingerprint density at radius 1 is 1.19 bits per heavy atom. The summed E-state index contributed by atoms with van der Waals surface area (Å²) in [5.74, 6) is -0.120. The number of nitrogens with zero attached hydrogens (tertiary/aromatic N) is 2. The van der Waals surface area contributed by atoms with Crippen LogP contribution in [0.15, 0.2) is 59.7 Å². The summed E-state index contributed by atoms with van der Waals surface area (Å²) in [5.41, 5.74) is 8.29. The van der Waals surface area contributed by atoms with Gasteiger partial charge >= 0.3 is 0 Å². The Morgan fingerprint density at radius 2 is 1.93 bits per heavy atom. The molecule has 0 radical (unpaired) electrons. The van der Waals surface area contributed by atoms with E-state index in [9.17, 15) is 4.79 Å². The third-order valence-corrected chi connectivity index (χ3v) is 4.93. The van der Waals surface area contributed by atoms with Crippen molar-refractivity contribution in [3.8, 4) is 0 Å². The molecule has 0 saturated carbocycles. The molecule has 0 fully saturated rings. The minimum absolute atomic E-state index is 0.00680. The number of hydrazone groups is 1. The second kappa shape index (κ2) is 7.78. The summed E-state index contributed by atoms with van der Waals surface area (Å²) in [6.45, 7) is 9.75. The molecule has 0 atom stereocenters. The van der Waals surface area contributed by atoms with Crippen molar-refractivity contribution in [2.75, 3.05) is 11.4 Å². The monoisotopic (exact) mass is 361 g/mol. The van der Waals surface area contributed by atoms with Crippen LogP contribution >= 0.6 is 0 Å². The first-order chi connectivity index (χ1) is 12.9. The SMILES string of the molecule is CCN1c2ccc(/C=N/NC(=O)Cc3ccccc3)cc2C(C)=CC1(C)C. The van der Waals surface area contributed by atoms with Gasteiger partial charge < -0.3 is 4.90 Å². The van der Waals surface area contributed by atoms with Gasteiger partial charge in [0, 0.05) is 17.8 Å². The zero-order valence-electron chi connectivity index (χ0n) is 16.5. The fourth-order valence-electron chi connectivity index (χ4n) is 3.76. The number of allylic oxidation sites excluding steroid dienone is 1. The van der Waals surface area contributed by atoms with Crippen LogP contribution in [-0.4, -0.2) is 24.2 Å². The molecule has 0 unspecified atom stereocenters. The molecule has 0 saturated heterocycles. The molecular weight excluding hydrogens is 334 g/mol. The third-order valence-electron chi connectivity index (χ3n) is 4.93. The number of nitrogens with one attached hydrogen (secondary N) is 1. The minimum atomic E-state index is -0.120. The molecule has 4 heteroatoms. The lowest BCUT2D eigenvalue weighted by atomic mass is 9.88. The van der Waals surface area contributed by atoms with E-state index in [2.05, 4.69) is 61.3 Å². The Bertz CT molecular complexity index is 882. The van der Waals surface area contributed by atoms with Gasteiger partial charge in [-0.05, 0) is 56.5 Å². The van der Waals surface area contributed by atoms with E-state index in [0.29, 0.717) is 6.42 Å². The van der Waals surface area contributed by atoms with Crippen LogP contribution in [0.3, 0.4) is 0 Å². The van der Waals surface area contributed by atoms with Gasteiger partial charge in [-0.3, -0.25) is 4.79 Å². The average molecular weight is 361 g/mol. The van der Waals surface area contributed by atoms with Crippen LogP contribution in [0, 0.1) is 0 Å². The Labute approximate surface area is 161 Å². The standard InChI is InChI=1S/C23H27N3O/c1-5-26-21-12-11-19(13-20(21)17(2)15-23(26,3)4)16-24-25-22(27)14-18-9-7-6-8-10-18/h6-13,15-16H,5,14H2,1-4H3,(H,25,27)/b24-16+. The fraction of sp³-hybridized carbons (Fsp3) is 0.304. The average Bonchev–Trinajstić information content (AvgIpc) is 2.62. The molecule has 0 aromatic heterocycles. The Morgan fingerprint density at radius 3 is 2.63 bits per heavy atom. The number of carbonyl (C=O) groups excluding carboxylic acids is 1. The zero-order valence-corrected chi connectivity index (χ0v) is 16.5. The molecule has 0 aliphatic carbocycles. The Kier molecular flexibility index (Phi) is 5.45. The lowest BCUT2D eigenvalue weighted by Gasteiger charge is -2.42. The largest absolute Gasteiger partial charge is 0.363 e. The van der Waals surface area contributed by atoms with Gasteiger partial charge in [-0.15, -0.1) is 0 Å². The zero-order chi connectivity index (χ0) is 19.4. The predicted octanol–water partition coefficient (Wildman–Crippen LogP) is 4.40. The van der Waals surface area contributed by atoms with Crippen molar-refractivity contribution in [1.82, 2.24) is 5.43 Å². The molecular formula is C23H27N3O. The molecule has 140 valence electrons. The second-order valence-corrected chi connectivity index (χ2v) is 7.46. The van der Waals surface area contributed by atoms with Crippen LogP contribution in [0.2, 0.25) is 0 Å². The highest BCUT2D eigenvalue weighted by Gasteiger charge is 2.29. The number of amides is 1. The second-order valence-electron chi connectivity index (χ2n) is 7.46. The molecule has 0 spiro atoms. The molecule has 0 bridgehead atoms. The van der Waals surface area contributed by atoms with Crippen molar-refractivity contribution in [2.24, 2.45) is 5.10 Å². The number of rotatable bonds is 5. The molecule has 27 heavy (non-hydrogen) atoms. The summed E-state index contributed by atoms with van der Waals surface area (Å²) >= 11 is 0. The molecule has 1 heterocycles. The van der Waals surface area contributed by atoms with Gasteiger partial charge in [0.1, 0.15) is 0 Å². The highest BCUT2D eigenvalue weighted by atomic mass is 16.2. The van der Waals surface area contributed by atoms with Crippen molar-refractivity contribution >= 4 is 23.4 Å². The van der Waals surface area contributed by atoms with E-state index in [4.69, 9.17) is 0 Å². The van der Waals surface area contributed by atoms with Crippen LogP contribution in [0.5, 0.6) is 0 Å². The highest BCUT2D eigenvalue weighted by Crippen LogP contribution is 2.38. The number of hydrogen-bond acceptors (Lipinski definition) is 3. The number of likely N-dealkylation sites (N-methyl/N-ethyl adjacent to an activating group) is 1. The van der Waals surface area contributed by atoms with Crippen molar-refractivity contribution in [1.29, 1.82) is 0 Å². The summed E-state index contributed by atoms with van der Waals surface area (Å²) in [5, 5.41) is 4.12. The van der Waals surface area contributed by atoms with Gasteiger partial charge in [-0.2, -0.15) is 5.10 Å². The van der Waals surface area contributed by atoms with Crippen LogP contribution in [-0.2, 0) is 11.2 Å². The maximum Gasteiger partial charge on any atom is 0.244 e. The number of carbonyl (C=O) groups is 1. The number of benzene rings is 2. The van der Waals surface area contributed by atoms with Crippen LogP contribution in [0.4, 0.5) is 5.69 Å².